The summed E-state index contributed by atoms with van der Waals surface area (Å²) in [4.78, 5) is 0. The molecule has 0 amide bonds. The second-order valence-corrected chi connectivity index (χ2v) is 7.24. The Morgan fingerprint density at radius 1 is 0.857 bits per heavy atom. The summed E-state index contributed by atoms with van der Waals surface area (Å²) in [7, 11) is 4.58. The minimum atomic E-state index is -4.72. The van der Waals surface area contributed by atoms with Gasteiger partial charge in [0.1, 0.15) is 0 Å². The van der Waals surface area contributed by atoms with Gasteiger partial charge in [-0.3, -0.25) is 0 Å². The van der Waals surface area contributed by atoms with Gasteiger partial charge in [0.25, 0.3) is 0 Å². The summed E-state index contributed by atoms with van der Waals surface area (Å²) in [5.74, 6) is 1.22. The number of nitrogens with zero attached hydrogens (tertiary/aromatic N) is 1. The molecular formula is C19H16F3NO4Se. The van der Waals surface area contributed by atoms with Crippen molar-refractivity contribution in [2.75, 3.05) is 21.3 Å². The van der Waals surface area contributed by atoms with Crippen LogP contribution < -0.4 is 18.9 Å². The van der Waals surface area contributed by atoms with Gasteiger partial charge in [-0.25, -0.2) is 0 Å². The number of halogens is 3. The molecule has 1 heterocycles. The van der Waals surface area contributed by atoms with Gasteiger partial charge in [0.15, 0.2) is 0 Å². The normalized spacial score (nSPS) is 11.2. The average molecular weight is 458 g/mol. The quantitative estimate of drug-likeness (QED) is 0.513. The molecule has 0 saturated heterocycles. The molecule has 148 valence electrons. The molecule has 1 aromatic heterocycles. The Morgan fingerprint density at radius 3 is 1.96 bits per heavy atom. The van der Waals surface area contributed by atoms with Crippen molar-refractivity contribution in [2.45, 2.75) is 6.36 Å². The van der Waals surface area contributed by atoms with Crippen LogP contribution in [-0.4, -0.2) is 46.4 Å². The Kier molecular flexibility index (Phi) is 5.86. The van der Waals surface area contributed by atoms with Crippen LogP contribution >= 0.6 is 0 Å². The number of hydrogen-bond donors (Lipinski definition) is 0. The zero-order valence-electron chi connectivity index (χ0n) is 15.2. The van der Waals surface area contributed by atoms with E-state index in [1.165, 1.54) is 33.5 Å². The first-order valence-corrected chi connectivity index (χ1v) is 9.59. The molecule has 28 heavy (non-hydrogen) atoms. The first kappa shape index (κ1) is 20.1. The molecule has 2 aromatic carbocycles. The molecule has 9 heteroatoms. The summed E-state index contributed by atoms with van der Waals surface area (Å²) in [6, 6.07) is 9.38. The maximum atomic E-state index is 12.3. The zero-order valence-corrected chi connectivity index (χ0v) is 16.9. The fraction of sp³-hybridized carbons (Fsp3) is 0.211. The van der Waals surface area contributed by atoms with Crippen molar-refractivity contribution in [3.63, 3.8) is 0 Å². The molecule has 0 aliphatic carbocycles. The first-order chi connectivity index (χ1) is 13.4. The fourth-order valence-corrected chi connectivity index (χ4v) is 4.32. The number of ether oxygens (including phenoxy) is 4. The molecular weight excluding hydrogens is 442 g/mol. The summed E-state index contributed by atoms with van der Waals surface area (Å²) >= 11 is -0.206. The van der Waals surface area contributed by atoms with Crippen LogP contribution in [0.25, 0.3) is 21.1 Å². The Bertz CT molecular complexity index is 930. The van der Waals surface area contributed by atoms with Gasteiger partial charge in [0.2, 0.25) is 0 Å². The van der Waals surface area contributed by atoms with Gasteiger partial charge < -0.3 is 0 Å². The topological polar surface area (TPSA) is 49.8 Å². The van der Waals surface area contributed by atoms with Gasteiger partial charge in [0.05, 0.1) is 0 Å². The molecule has 0 radical (unpaired) electrons. The van der Waals surface area contributed by atoms with Gasteiger partial charge in [-0.2, -0.15) is 0 Å². The predicted octanol–water partition coefficient (Wildman–Crippen LogP) is 4.40. The maximum absolute atomic E-state index is 12.3. The number of alkyl halides is 3. The van der Waals surface area contributed by atoms with Gasteiger partial charge in [-0.05, 0) is 0 Å². The van der Waals surface area contributed by atoms with E-state index in [0.29, 0.717) is 17.2 Å². The molecule has 0 aliphatic rings. The average Bonchev–Trinajstić information content (AvgIpc) is 3.15. The second-order valence-electron chi connectivity index (χ2n) is 5.55. The van der Waals surface area contributed by atoms with Crippen LogP contribution in [0.2, 0.25) is 0 Å². The Hall–Kier alpha value is -2.64. The number of rotatable bonds is 6. The van der Waals surface area contributed by atoms with Crippen LogP contribution in [-0.2, 0) is 0 Å². The van der Waals surface area contributed by atoms with Gasteiger partial charge >= 0.3 is 165 Å². The van der Waals surface area contributed by atoms with E-state index in [-0.39, 0.29) is 20.5 Å². The standard InChI is InChI=1S/C19H16F3NO4Se/c1-24-15-8-12(9-16(25-2)17(15)26-3)14-10-23-28-18(14)11-4-6-13(7-5-11)27-19(20,21)22/h4-10H,1-3H3. The Morgan fingerprint density at radius 2 is 1.46 bits per heavy atom. The first-order valence-electron chi connectivity index (χ1n) is 7.97. The van der Waals surface area contributed by atoms with Crippen LogP contribution in [0.15, 0.2) is 42.6 Å². The van der Waals surface area contributed by atoms with Crippen molar-refractivity contribution in [3.05, 3.63) is 42.6 Å². The van der Waals surface area contributed by atoms with Crippen LogP contribution in [0.3, 0.4) is 0 Å². The molecule has 0 atom stereocenters. The summed E-state index contributed by atoms with van der Waals surface area (Å²) in [5.41, 5.74) is 2.43. The molecule has 3 rings (SSSR count). The van der Waals surface area contributed by atoms with E-state index in [1.54, 1.807) is 18.3 Å². The minimum absolute atomic E-state index is 0.206. The number of methoxy groups -OCH3 is 3. The third kappa shape index (κ3) is 4.26. The molecule has 0 saturated carbocycles. The van der Waals surface area contributed by atoms with Crippen molar-refractivity contribution in [2.24, 2.45) is 0 Å². The SMILES string of the molecule is COc1cc(-c2cn[se]c2-c2ccc(OC(F)(F)F)cc2)cc(OC)c1OC. The third-order valence-electron chi connectivity index (χ3n) is 3.90. The van der Waals surface area contributed by atoms with Crippen LogP contribution in [0.4, 0.5) is 13.2 Å². The zero-order chi connectivity index (χ0) is 20.3. The van der Waals surface area contributed by atoms with E-state index in [1.807, 2.05) is 12.1 Å². The van der Waals surface area contributed by atoms with Crippen LogP contribution in [0.5, 0.6) is 23.0 Å². The number of hydrogen-bond acceptors (Lipinski definition) is 5. The van der Waals surface area contributed by atoms with Crippen molar-refractivity contribution in [1.29, 1.82) is 0 Å². The fourth-order valence-electron chi connectivity index (χ4n) is 2.70. The van der Waals surface area contributed by atoms with E-state index >= 15 is 0 Å². The van der Waals surface area contributed by atoms with E-state index < -0.39 is 6.36 Å². The number of aromatic nitrogens is 1. The van der Waals surface area contributed by atoms with Gasteiger partial charge in [-0.15, -0.1) is 0 Å². The van der Waals surface area contributed by atoms with Crippen molar-refractivity contribution in [1.82, 2.24) is 3.98 Å². The number of benzene rings is 2. The molecule has 3 aromatic rings. The summed E-state index contributed by atoms with van der Waals surface area (Å²) in [6.07, 6.45) is -2.97. The van der Waals surface area contributed by atoms with Gasteiger partial charge in [-0.1, -0.05) is 0 Å². The molecule has 0 spiro atoms. The summed E-state index contributed by atoms with van der Waals surface area (Å²) in [5, 5.41) is 0. The van der Waals surface area contributed by atoms with Gasteiger partial charge in [0, 0.05) is 0 Å². The second kappa shape index (κ2) is 8.16. The monoisotopic (exact) mass is 459 g/mol. The van der Waals surface area contributed by atoms with E-state index in [9.17, 15) is 13.2 Å². The van der Waals surface area contributed by atoms with E-state index in [4.69, 9.17) is 14.2 Å². The van der Waals surface area contributed by atoms with Crippen molar-refractivity contribution < 1.29 is 32.1 Å². The summed E-state index contributed by atoms with van der Waals surface area (Å²) in [6.45, 7) is 0. The molecule has 5 nitrogen and oxygen atoms in total. The Balaban J connectivity index is 2.01. The predicted molar refractivity (Wildman–Crippen MR) is 98.4 cm³/mol. The molecule has 0 fully saturated rings. The van der Waals surface area contributed by atoms with Crippen LogP contribution in [0.1, 0.15) is 0 Å². The molecule has 0 aliphatic heterocycles. The molecule has 0 unspecified atom stereocenters. The third-order valence-corrected chi connectivity index (χ3v) is 5.68. The molecule has 0 N–H and O–H groups in total. The van der Waals surface area contributed by atoms with E-state index in [2.05, 4.69) is 8.72 Å². The summed E-state index contributed by atoms with van der Waals surface area (Å²) < 4.78 is 62.4. The van der Waals surface area contributed by atoms with Crippen molar-refractivity contribution >= 4 is 14.7 Å². The van der Waals surface area contributed by atoms with Crippen LogP contribution in [0, 0.1) is 0 Å². The van der Waals surface area contributed by atoms with E-state index in [0.717, 1.165) is 21.1 Å². The Labute approximate surface area is 165 Å². The molecule has 0 bridgehead atoms. The van der Waals surface area contributed by atoms with Crippen molar-refractivity contribution in [3.8, 4) is 44.1 Å².